The van der Waals surface area contributed by atoms with Crippen LogP contribution >= 0.6 is 11.6 Å². The molecule has 1 atom stereocenters. The van der Waals surface area contributed by atoms with E-state index in [4.69, 9.17) is 21.1 Å². The number of hydrogen-bond acceptors (Lipinski definition) is 3. The lowest BCUT2D eigenvalue weighted by Crippen LogP contribution is -2.10. The minimum Gasteiger partial charge on any atom is -0.454 e. The van der Waals surface area contributed by atoms with Gasteiger partial charge in [0.25, 0.3) is 0 Å². The fourth-order valence-electron chi connectivity index (χ4n) is 2.32. The number of rotatable bonds is 4. The van der Waals surface area contributed by atoms with E-state index in [0.717, 1.165) is 22.6 Å². The molecule has 1 heterocycles. The number of benzene rings is 2. The molecule has 0 amide bonds. The predicted molar refractivity (Wildman–Crippen MR) is 76.3 cm³/mol. The second-order valence-corrected chi connectivity index (χ2v) is 5.03. The normalized spacial score (nSPS) is 14.1. The molecule has 0 spiro atoms. The number of ether oxygens (including phenoxy) is 2. The lowest BCUT2D eigenvalue weighted by atomic mass is 9.93. The van der Waals surface area contributed by atoms with Crippen molar-refractivity contribution in [2.45, 2.75) is 12.3 Å². The summed E-state index contributed by atoms with van der Waals surface area (Å²) in [7, 11) is 0. The van der Waals surface area contributed by atoms with Gasteiger partial charge >= 0.3 is 0 Å². The quantitative estimate of drug-likeness (QED) is 0.808. The van der Waals surface area contributed by atoms with E-state index >= 15 is 0 Å². The van der Waals surface area contributed by atoms with Crippen LogP contribution in [0.2, 0.25) is 0 Å². The maximum Gasteiger partial charge on any atom is 0.231 e. The van der Waals surface area contributed by atoms with E-state index in [1.54, 1.807) is 0 Å². The van der Waals surface area contributed by atoms with Gasteiger partial charge in [-0.2, -0.15) is 0 Å². The topological polar surface area (TPSA) is 35.5 Å². The third-order valence-electron chi connectivity index (χ3n) is 3.35. The van der Waals surface area contributed by atoms with E-state index in [9.17, 15) is 4.79 Å². The van der Waals surface area contributed by atoms with Gasteiger partial charge in [0, 0.05) is 0 Å². The number of hydrogen-bond donors (Lipinski definition) is 0. The molecule has 0 fully saturated rings. The highest BCUT2D eigenvalue weighted by Crippen LogP contribution is 2.34. The summed E-state index contributed by atoms with van der Waals surface area (Å²) in [6.07, 6.45) is 0.545. The zero-order valence-corrected chi connectivity index (χ0v) is 11.5. The minimum atomic E-state index is -0.353. The zero-order chi connectivity index (χ0) is 13.9. The Morgan fingerprint density at radius 1 is 1.10 bits per heavy atom. The van der Waals surface area contributed by atoms with Crippen molar-refractivity contribution in [1.29, 1.82) is 0 Å². The van der Waals surface area contributed by atoms with Gasteiger partial charge in [-0.05, 0) is 41.3 Å². The first-order chi connectivity index (χ1) is 9.74. The molecule has 0 aromatic heterocycles. The molecule has 0 bridgehead atoms. The fraction of sp³-hybridized carbons (Fsp3) is 0.188. The van der Waals surface area contributed by atoms with E-state index < -0.39 is 0 Å². The van der Waals surface area contributed by atoms with E-state index in [0.29, 0.717) is 6.42 Å². The van der Waals surface area contributed by atoms with Crippen LogP contribution in [0.3, 0.4) is 0 Å². The van der Waals surface area contributed by atoms with Gasteiger partial charge in [0.1, 0.15) is 0 Å². The average molecular weight is 289 g/mol. The summed E-state index contributed by atoms with van der Waals surface area (Å²) in [5, 5.41) is -0.353. The third-order valence-corrected chi connectivity index (χ3v) is 3.62. The number of carbonyl (C=O) groups is 1. The summed E-state index contributed by atoms with van der Waals surface area (Å²) >= 11 is 5.75. The van der Waals surface area contributed by atoms with Crippen molar-refractivity contribution < 1.29 is 14.3 Å². The summed E-state index contributed by atoms with van der Waals surface area (Å²) in [5.74, 6) is 1.11. The minimum absolute atomic E-state index is 0.245. The van der Waals surface area contributed by atoms with E-state index in [-0.39, 0.29) is 18.0 Å². The van der Waals surface area contributed by atoms with Gasteiger partial charge in [0.2, 0.25) is 12.0 Å². The first-order valence-electron chi connectivity index (χ1n) is 6.37. The Morgan fingerprint density at radius 3 is 2.60 bits per heavy atom. The van der Waals surface area contributed by atoms with Crippen LogP contribution in [0.5, 0.6) is 11.5 Å². The van der Waals surface area contributed by atoms with Crippen LogP contribution in [0.25, 0.3) is 0 Å². The second-order valence-electron chi connectivity index (χ2n) is 4.66. The zero-order valence-electron chi connectivity index (χ0n) is 10.7. The van der Waals surface area contributed by atoms with Crippen LogP contribution in [-0.2, 0) is 11.2 Å². The summed E-state index contributed by atoms with van der Waals surface area (Å²) in [5.41, 5.74) is 1.92. The SMILES string of the molecule is O=C(Cl)C(Cc1ccc2c(c1)OCO2)c1ccccc1. The highest BCUT2D eigenvalue weighted by molar-refractivity contribution is 6.64. The molecule has 1 unspecified atom stereocenters. The van der Waals surface area contributed by atoms with Crippen LogP contribution in [-0.4, -0.2) is 12.0 Å². The van der Waals surface area contributed by atoms with Gasteiger partial charge < -0.3 is 9.47 Å². The molecule has 1 aliphatic heterocycles. The van der Waals surface area contributed by atoms with Crippen LogP contribution in [0, 0.1) is 0 Å². The van der Waals surface area contributed by atoms with Gasteiger partial charge in [0.15, 0.2) is 11.5 Å². The molecular weight excluding hydrogens is 276 g/mol. The Labute approximate surface area is 122 Å². The smallest absolute Gasteiger partial charge is 0.231 e. The molecule has 3 nitrogen and oxygen atoms in total. The van der Waals surface area contributed by atoms with Crippen molar-refractivity contribution in [3.63, 3.8) is 0 Å². The van der Waals surface area contributed by atoms with Crippen molar-refractivity contribution in [1.82, 2.24) is 0 Å². The molecule has 3 rings (SSSR count). The van der Waals surface area contributed by atoms with Gasteiger partial charge in [-0.25, -0.2) is 0 Å². The predicted octanol–water partition coefficient (Wildman–Crippen LogP) is 3.51. The molecule has 0 aliphatic carbocycles. The largest absolute Gasteiger partial charge is 0.454 e. The molecule has 0 radical (unpaired) electrons. The highest BCUT2D eigenvalue weighted by atomic mass is 35.5. The van der Waals surface area contributed by atoms with Gasteiger partial charge in [-0.3, -0.25) is 4.79 Å². The van der Waals surface area contributed by atoms with Crippen molar-refractivity contribution in [3.05, 3.63) is 59.7 Å². The Bertz CT molecular complexity index is 625. The fourth-order valence-corrected chi connectivity index (χ4v) is 2.52. The molecule has 2 aromatic rings. The molecule has 0 saturated carbocycles. The Kier molecular flexibility index (Phi) is 3.61. The monoisotopic (exact) mass is 288 g/mol. The first-order valence-corrected chi connectivity index (χ1v) is 6.74. The average Bonchev–Trinajstić information content (AvgIpc) is 2.93. The lowest BCUT2D eigenvalue weighted by Gasteiger charge is -2.13. The summed E-state index contributed by atoms with van der Waals surface area (Å²) in [6, 6.07) is 15.2. The number of carbonyl (C=O) groups excluding carboxylic acids is 1. The van der Waals surface area contributed by atoms with Crippen LogP contribution in [0.15, 0.2) is 48.5 Å². The van der Waals surface area contributed by atoms with E-state index in [1.165, 1.54) is 0 Å². The van der Waals surface area contributed by atoms with E-state index in [2.05, 4.69) is 0 Å². The van der Waals surface area contributed by atoms with E-state index in [1.807, 2.05) is 48.5 Å². The molecular formula is C16H13ClO3. The Hall–Kier alpha value is -2.00. The molecule has 0 saturated heterocycles. The van der Waals surface area contributed by atoms with Gasteiger partial charge in [0.05, 0.1) is 5.92 Å². The maximum absolute atomic E-state index is 11.7. The van der Waals surface area contributed by atoms with Crippen LogP contribution in [0.1, 0.15) is 17.0 Å². The van der Waals surface area contributed by atoms with Crippen molar-refractivity contribution in [3.8, 4) is 11.5 Å². The van der Waals surface area contributed by atoms with Crippen molar-refractivity contribution >= 4 is 16.8 Å². The standard InChI is InChI=1S/C16H13ClO3/c17-16(18)13(12-4-2-1-3-5-12)8-11-6-7-14-15(9-11)20-10-19-14/h1-7,9,13H,8,10H2. The molecule has 2 aromatic carbocycles. The summed E-state index contributed by atoms with van der Waals surface area (Å²) in [6.45, 7) is 0.245. The summed E-state index contributed by atoms with van der Waals surface area (Å²) in [4.78, 5) is 11.7. The van der Waals surface area contributed by atoms with Gasteiger partial charge in [-0.15, -0.1) is 0 Å². The molecule has 102 valence electrons. The van der Waals surface area contributed by atoms with Crippen molar-refractivity contribution in [2.75, 3.05) is 6.79 Å². The molecule has 20 heavy (non-hydrogen) atoms. The maximum atomic E-state index is 11.7. The highest BCUT2D eigenvalue weighted by Gasteiger charge is 2.21. The third kappa shape index (κ3) is 2.63. The summed E-state index contributed by atoms with van der Waals surface area (Å²) < 4.78 is 10.6. The molecule has 4 heteroatoms. The number of fused-ring (bicyclic) bond motifs is 1. The van der Waals surface area contributed by atoms with Gasteiger partial charge in [-0.1, -0.05) is 36.4 Å². The van der Waals surface area contributed by atoms with Crippen LogP contribution < -0.4 is 9.47 Å². The first kappa shape index (κ1) is 13.0. The van der Waals surface area contributed by atoms with Crippen LogP contribution in [0.4, 0.5) is 0 Å². The Balaban J connectivity index is 1.86. The number of halogens is 1. The molecule has 0 N–H and O–H groups in total. The second kappa shape index (κ2) is 5.55. The Morgan fingerprint density at radius 2 is 1.85 bits per heavy atom. The van der Waals surface area contributed by atoms with Crippen molar-refractivity contribution in [2.24, 2.45) is 0 Å². The lowest BCUT2D eigenvalue weighted by molar-refractivity contribution is -0.113. The molecule has 1 aliphatic rings.